The summed E-state index contributed by atoms with van der Waals surface area (Å²) in [6, 6.07) is 8.85. The van der Waals surface area contributed by atoms with Crippen LogP contribution in [0.2, 0.25) is 0 Å². The molecule has 0 saturated heterocycles. The molecule has 0 aliphatic heterocycles. The number of halogens is 3. The monoisotopic (exact) mass is 329 g/mol. The summed E-state index contributed by atoms with van der Waals surface area (Å²) in [6.45, 7) is 1.94. The molecule has 0 amide bonds. The summed E-state index contributed by atoms with van der Waals surface area (Å²) in [4.78, 5) is 0. The van der Waals surface area contributed by atoms with Crippen molar-refractivity contribution < 1.29 is 13.2 Å². The number of hydrogen-bond donors (Lipinski definition) is 0. The Bertz CT molecular complexity index is 765. The summed E-state index contributed by atoms with van der Waals surface area (Å²) in [5, 5.41) is 8.65. The zero-order valence-electron chi connectivity index (χ0n) is 13.5. The molecule has 0 atom stereocenters. The predicted molar refractivity (Wildman–Crippen MR) is 88.0 cm³/mol. The summed E-state index contributed by atoms with van der Waals surface area (Å²) < 4.78 is 41.3. The number of hydrogen-bond acceptors (Lipinski definition) is 1. The molecule has 0 aliphatic carbocycles. The molecule has 0 aliphatic rings. The molecule has 0 spiro atoms. The van der Waals surface area contributed by atoms with Crippen molar-refractivity contribution in [2.45, 2.75) is 32.6 Å². The molecule has 24 heavy (non-hydrogen) atoms. The van der Waals surface area contributed by atoms with Gasteiger partial charge in [0, 0.05) is 0 Å². The van der Waals surface area contributed by atoms with Crippen LogP contribution in [0, 0.1) is 28.8 Å². The minimum Gasteiger partial charge on any atom is -0.207 e. The first kappa shape index (κ1) is 17.8. The van der Waals surface area contributed by atoms with Crippen molar-refractivity contribution in [2.75, 3.05) is 0 Å². The quantitative estimate of drug-likeness (QED) is 0.662. The Morgan fingerprint density at radius 2 is 1.58 bits per heavy atom. The summed E-state index contributed by atoms with van der Waals surface area (Å²) >= 11 is 0. The maximum Gasteiger partial charge on any atom is 0.144 e. The van der Waals surface area contributed by atoms with Crippen LogP contribution in [0.4, 0.5) is 13.2 Å². The van der Waals surface area contributed by atoms with E-state index >= 15 is 0 Å². The van der Waals surface area contributed by atoms with E-state index in [1.807, 2.05) is 25.1 Å². The summed E-state index contributed by atoms with van der Waals surface area (Å²) in [5.41, 5.74) is 1.25. The molecular weight excluding hydrogens is 311 g/mol. The van der Waals surface area contributed by atoms with Crippen molar-refractivity contribution in [1.29, 1.82) is 5.26 Å². The third-order valence-electron chi connectivity index (χ3n) is 3.85. The van der Waals surface area contributed by atoms with Gasteiger partial charge in [-0.2, -0.15) is 5.26 Å². The smallest absolute Gasteiger partial charge is 0.144 e. The number of nitrogens with zero attached hydrogens (tertiary/aromatic N) is 1. The second-order valence-electron chi connectivity index (χ2n) is 5.58. The lowest BCUT2D eigenvalue weighted by molar-refractivity contribution is 0.572. The third kappa shape index (κ3) is 4.48. The number of rotatable bonds is 6. The van der Waals surface area contributed by atoms with Gasteiger partial charge in [0.2, 0.25) is 0 Å². The third-order valence-corrected chi connectivity index (χ3v) is 3.85. The summed E-state index contributed by atoms with van der Waals surface area (Å²) in [7, 11) is 0. The first-order chi connectivity index (χ1) is 11.5. The van der Waals surface area contributed by atoms with Crippen molar-refractivity contribution in [1.82, 2.24) is 0 Å². The van der Waals surface area contributed by atoms with Crippen LogP contribution in [0.15, 0.2) is 42.5 Å². The molecule has 0 unspecified atom stereocenters. The van der Waals surface area contributed by atoms with Gasteiger partial charge in [-0.1, -0.05) is 24.3 Å². The fourth-order valence-electron chi connectivity index (χ4n) is 2.52. The first-order valence-electron chi connectivity index (χ1n) is 7.81. The average molecular weight is 329 g/mol. The van der Waals surface area contributed by atoms with Crippen LogP contribution in [0.25, 0.3) is 0 Å². The minimum atomic E-state index is -0.882. The second kappa shape index (κ2) is 8.35. The fraction of sp³-hybridized carbons (Fsp3) is 0.250. The van der Waals surface area contributed by atoms with Gasteiger partial charge in [0.05, 0.1) is 0 Å². The Morgan fingerprint density at radius 3 is 2.17 bits per heavy atom. The highest BCUT2D eigenvalue weighted by molar-refractivity contribution is 5.35. The predicted octanol–water partition coefficient (Wildman–Crippen LogP) is 5.27. The topological polar surface area (TPSA) is 23.8 Å². The van der Waals surface area contributed by atoms with Crippen LogP contribution in [0.1, 0.15) is 35.6 Å². The minimum absolute atomic E-state index is 0.300. The fourth-order valence-corrected chi connectivity index (χ4v) is 2.52. The highest BCUT2D eigenvalue weighted by Crippen LogP contribution is 2.18. The lowest BCUT2D eigenvalue weighted by Gasteiger charge is -2.07. The van der Waals surface area contributed by atoms with E-state index < -0.39 is 17.2 Å². The van der Waals surface area contributed by atoms with E-state index in [9.17, 15) is 13.2 Å². The van der Waals surface area contributed by atoms with E-state index in [-0.39, 0.29) is 5.82 Å². The number of nitriles is 1. The second-order valence-corrected chi connectivity index (χ2v) is 5.58. The van der Waals surface area contributed by atoms with Crippen LogP contribution in [0.3, 0.4) is 0 Å². The number of benzene rings is 2. The lowest BCUT2D eigenvalue weighted by atomic mass is 10.00. The molecule has 124 valence electrons. The standard InChI is InChI=1S/C20H18F3N/c1-2-3-4-5-14-6-8-16(18(21)10-14)9-7-15-11-19(22)17(13-24)20(23)12-15/h2-3,6,8,10-12H,4-5,7,9H2,1H3/b3-2+. The molecule has 0 radical (unpaired) electrons. The molecule has 0 bridgehead atoms. The van der Waals surface area contributed by atoms with Crippen LogP contribution < -0.4 is 0 Å². The van der Waals surface area contributed by atoms with Gasteiger partial charge in [-0.25, -0.2) is 13.2 Å². The highest BCUT2D eigenvalue weighted by Gasteiger charge is 2.11. The molecule has 2 rings (SSSR count). The Labute approximate surface area is 140 Å². The van der Waals surface area contributed by atoms with Gasteiger partial charge in [-0.15, -0.1) is 0 Å². The van der Waals surface area contributed by atoms with Crippen LogP contribution >= 0.6 is 0 Å². The number of allylic oxidation sites excluding steroid dienone is 2. The molecule has 4 heteroatoms. The molecule has 0 saturated carbocycles. The molecule has 0 fully saturated rings. The van der Waals surface area contributed by atoms with Gasteiger partial charge in [-0.3, -0.25) is 0 Å². The lowest BCUT2D eigenvalue weighted by Crippen LogP contribution is -1.99. The van der Waals surface area contributed by atoms with Gasteiger partial charge >= 0.3 is 0 Å². The molecule has 2 aromatic carbocycles. The molecule has 1 nitrogen and oxygen atoms in total. The van der Waals surface area contributed by atoms with E-state index in [1.165, 1.54) is 12.1 Å². The molecule has 0 N–H and O–H groups in total. The molecular formula is C20H18F3N. The maximum absolute atomic E-state index is 14.1. The van der Waals surface area contributed by atoms with Crippen molar-refractivity contribution in [3.05, 3.63) is 82.2 Å². The van der Waals surface area contributed by atoms with Gasteiger partial charge in [0.1, 0.15) is 29.1 Å². The normalized spacial score (nSPS) is 11.0. The zero-order valence-corrected chi connectivity index (χ0v) is 13.5. The van der Waals surface area contributed by atoms with Gasteiger partial charge < -0.3 is 0 Å². The van der Waals surface area contributed by atoms with Crippen LogP contribution in [-0.2, 0) is 19.3 Å². The highest BCUT2D eigenvalue weighted by atomic mass is 19.1. The summed E-state index contributed by atoms with van der Waals surface area (Å²) in [5.74, 6) is -2.07. The SMILES string of the molecule is C/C=C/CCc1ccc(CCc2cc(F)c(C#N)c(F)c2)c(F)c1. The van der Waals surface area contributed by atoms with E-state index in [2.05, 4.69) is 0 Å². The van der Waals surface area contributed by atoms with E-state index in [1.54, 1.807) is 6.07 Å². The van der Waals surface area contributed by atoms with Crippen molar-refractivity contribution in [3.63, 3.8) is 0 Å². The van der Waals surface area contributed by atoms with Gasteiger partial charge in [0.15, 0.2) is 0 Å². The maximum atomic E-state index is 14.1. The van der Waals surface area contributed by atoms with Gasteiger partial charge in [0.25, 0.3) is 0 Å². The molecule has 0 heterocycles. The van der Waals surface area contributed by atoms with Crippen LogP contribution in [0.5, 0.6) is 0 Å². The molecule has 2 aromatic rings. The van der Waals surface area contributed by atoms with Crippen LogP contribution in [-0.4, -0.2) is 0 Å². The number of aryl methyl sites for hydroxylation is 3. The Kier molecular flexibility index (Phi) is 6.20. The Hall–Kier alpha value is -2.54. The van der Waals surface area contributed by atoms with Crippen molar-refractivity contribution in [2.24, 2.45) is 0 Å². The largest absolute Gasteiger partial charge is 0.207 e. The van der Waals surface area contributed by atoms with Crippen molar-refractivity contribution >= 4 is 0 Å². The first-order valence-corrected chi connectivity index (χ1v) is 7.81. The van der Waals surface area contributed by atoms with E-state index in [4.69, 9.17) is 5.26 Å². The van der Waals surface area contributed by atoms with E-state index in [0.29, 0.717) is 24.0 Å². The average Bonchev–Trinajstić information content (AvgIpc) is 2.54. The van der Waals surface area contributed by atoms with E-state index in [0.717, 1.165) is 30.5 Å². The molecule has 0 aromatic heterocycles. The van der Waals surface area contributed by atoms with Gasteiger partial charge in [-0.05, 0) is 67.5 Å². The summed E-state index contributed by atoms with van der Waals surface area (Å²) in [6.07, 6.45) is 6.26. The zero-order chi connectivity index (χ0) is 17.5. The Balaban J connectivity index is 2.06. The Morgan fingerprint density at radius 1 is 0.917 bits per heavy atom. The van der Waals surface area contributed by atoms with Crippen molar-refractivity contribution in [3.8, 4) is 6.07 Å².